The van der Waals surface area contributed by atoms with Gasteiger partial charge in [-0.25, -0.2) is 0 Å². The smallest absolute Gasteiger partial charge is 0.0270 e. The molecule has 0 spiro atoms. The summed E-state index contributed by atoms with van der Waals surface area (Å²) >= 11 is 0. The van der Waals surface area contributed by atoms with Crippen molar-refractivity contribution in [3.05, 3.63) is 30.1 Å². The molecule has 0 radical (unpaired) electrons. The molecule has 1 aromatic heterocycles. The Labute approximate surface area is 92.1 Å². The SMILES string of the molecule is CC(C)CCC(Cc1ccncc1)NN. The summed E-state index contributed by atoms with van der Waals surface area (Å²) in [5, 5.41) is 0. The van der Waals surface area contributed by atoms with Crippen molar-refractivity contribution in [1.82, 2.24) is 10.4 Å². The molecule has 3 N–H and O–H groups in total. The lowest BCUT2D eigenvalue weighted by Gasteiger charge is -2.16. The lowest BCUT2D eigenvalue weighted by Crippen LogP contribution is -2.36. The Kier molecular flexibility index (Phi) is 5.29. The normalized spacial score (nSPS) is 13.1. The molecule has 0 amide bonds. The van der Waals surface area contributed by atoms with E-state index < -0.39 is 0 Å². The third-order valence-corrected chi connectivity index (χ3v) is 2.56. The summed E-state index contributed by atoms with van der Waals surface area (Å²) in [5.41, 5.74) is 4.17. The van der Waals surface area contributed by atoms with Crippen LogP contribution < -0.4 is 11.3 Å². The molecule has 1 heterocycles. The molecule has 1 atom stereocenters. The van der Waals surface area contributed by atoms with Crippen molar-refractivity contribution in [3.63, 3.8) is 0 Å². The van der Waals surface area contributed by atoms with Crippen LogP contribution in [0.3, 0.4) is 0 Å². The first-order valence-electron chi connectivity index (χ1n) is 5.57. The van der Waals surface area contributed by atoms with Gasteiger partial charge in [-0.05, 0) is 42.9 Å². The highest BCUT2D eigenvalue weighted by Gasteiger charge is 2.08. The predicted molar refractivity (Wildman–Crippen MR) is 63.1 cm³/mol. The molecule has 1 aromatic rings. The Hall–Kier alpha value is -0.930. The van der Waals surface area contributed by atoms with Gasteiger partial charge in [0.15, 0.2) is 0 Å². The molecular formula is C12H21N3. The lowest BCUT2D eigenvalue weighted by atomic mass is 9.99. The summed E-state index contributed by atoms with van der Waals surface area (Å²) in [7, 11) is 0. The maximum Gasteiger partial charge on any atom is 0.0270 e. The van der Waals surface area contributed by atoms with E-state index in [1.807, 2.05) is 24.5 Å². The van der Waals surface area contributed by atoms with E-state index >= 15 is 0 Å². The van der Waals surface area contributed by atoms with Crippen LogP contribution >= 0.6 is 0 Å². The number of hydrazine groups is 1. The Bertz CT molecular complexity index is 259. The highest BCUT2D eigenvalue weighted by atomic mass is 15.2. The third-order valence-electron chi connectivity index (χ3n) is 2.56. The van der Waals surface area contributed by atoms with Crippen molar-refractivity contribution >= 4 is 0 Å². The minimum atomic E-state index is 0.370. The number of nitrogens with one attached hydrogen (secondary N) is 1. The van der Waals surface area contributed by atoms with E-state index in [-0.39, 0.29) is 0 Å². The van der Waals surface area contributed by atoms with Crippen LogP contribution in [-0.4, -0.2) is 11.0 Å². The van der Waals surface area contributed by atoms with Crippen molar-refractivity contribution < 1.29 is 0 Å². The van der Waals surface area contributed by atoms with Crippen LogP contribution in [-0.2, 0) is 6.42 Å². The van der Waals surface area contributed by atoms with Gasteiger partial charge in [-0.3, -0.25) is 16.3 Å². The average molecular weight is 207 g/mol. The molecule has 1 unspecified atom stereocenters. The third kappa shape index (κ3) is 4.91. The Balaban J connectivity index is 2.40. The molecule has 0 aliphatic rings. The molecule has 84 valence electrons. The minimum Gasteiger partial charge on any atom is -0.271 e. The number of nitrogens with zero attached hydrogens (tertiary/aromatic N) is 1. The highest BCUT2D eigenvalue weighted by Crippen LogP contribution is 2.10. The van der Waals surface area contributed by atoms with Crippen molar-refractivity contribution in [2.45, 2.75) is 39.2 Å². The first-order chi connectivity index (χ1) is 7.22. The second-order valence-electron chi connectivity index (χ2n) is 4.39. The van der Waals surface area contributed by atoms with E-state index in [4.69, 9.17) is 5.84 Å². The van der Waals surface area contributed by atoms with Gasteiger partial charge in [0, 0.05) is 18.4 Å². The molecule has 3 heteroatoms. The first-order valence-corrected chi connectivity index (χ1v) is 5.57. The van der Waals surface area contributed by atoms with Gasteiger partial charge in [0.05, 0.1) is 0 Å². The van der Waals surface area contributed by atoms with E-state index in [1.165, 1.54) is 12.0 Å². The second-order valence-corrected chi connectivity index (χ2v) is 4.39. The van der Waals surface area contributed by atoms with Gasteiger partial charge in [-0.15, -0.1) is 0 Å². The van der Waals surface area contributed by atoms with E-state index in [1.54, 1.807) is 0 Å². The molecule has 3 nitrogen and oxygen atoms in total. The lowest BCUT2D eigenvalue weighted by molar-refractivity contribution is 0.434. The first kappa shape index (κ1) is 12.1. The molecular weight excluding hydrogens is 186 g/mol. The van der Waals surface area contributed by atoms with E-state index in [2.05, 4.69) is 24.3 Å². The van der Waals surface area contributed by atoms with Gasteiger partial charge >= 0.3 is 0 Å². The largest absolute Gasteiger partial charge is 0.271 e. The van der Waals surface area contributed by atoms with Crippen LogP contribution in [0.2, 0.25) is 0 Å². The zero-order valence-electron chi connectivity index (χ0n) is 9.61. The maximum atomic E-state index is 5.54. The van der Waals surface area contributed by atoms with Gasteiger partial charge in [0.2, 0.25) is 0 Å². The molecule has 0 bridgehead atoms. The minimum absolute atomic E-state index is 0.370. The summed E-state index contributed by atoms with van der Waals surface area (Å²) in [5.74, 6) is 6.28. The summed E-state index contributed by atoms with van der Waals surface area (Å²) in [6.07, 6.45) is 6.96. The van der Waals surface area contributed by atoms with E-state index in [0.29, 0.717) is 6.04 Å². The fourth-order valence-corrected chi connectivity index (χ4v) is 1.58. The van der Waals surface area contributed by atoms with Crippen LogP contribution in [0.4, 0.5) is 0 Å². The van der Waals surface area contributed by atoms with Crippen LogP contribution in [0, 0.1) is 5.92 Å². The zero-order valence-corrected chi connectivity index (χ0v) is 9.61. The average Bonchev–Trinajstić information content (AvgIpc) is 2.25. The quantitative estimate of drug-likeness (QED) is 0.553. The molecule has 0 aliphatic carbocycles. The van der Waals surface area contributed by atoms with Crippen LogP contribution in [0.5, 0.6) is 0 Å². The summed E-state index contributed by atoms with van der Waals surface area (Å²) in [6.45, 7) is 4.47. The predicted octanol–water partition coefficient (Wildman–Crippen LogP) is 1.89. The van der Waals surface area contributed by atoms with Crippen LogP contribution in [0.25, 0.3) is 0 Å². The maximum absolute atomic E-state index is 5.54. The fraction of sp³-hybridized carbons (Fsp3) is 0.583. The van der Waals surface area contributed by atoms with Gasteiger partial charge < -0.3 is 0 Å². The van der Waals surface area contributed by atoms with Gasteiger partial charge in [0.25, 0.3) is 0 Å². The number of hydrogen-bond donors (Lipinski definition) is 2. The van der Waals surface area contributed by atoms with Crippen LogP contribution in [0.1, 0.15) is 32.3 Å². The molecule has 15 heavy (non-hydrogen) atoms. The number of hydrogen-bond acceptors (Lipinski definition) is 3. The molecule has 0 saturated carbocycles. The Morgan fingerprint density at radius 3 is 2.47 bits per heavy atom. The number of rotatable bonds is 6. The fourth-order valence-electron chi connectivity index (χ4n) is 1.58. The summed E-state index contributed by atoms with van der Waals surface area (Å²) < 4.78 is 0. The van der Waals surface area contributed by atoms with Crippen LogP contribution in [0.15, 0.2) is 24.5 Å². The zero-order chi connectivity index (χ0) is 11.1. The molecule has 1 rings (SSSR count). The van der Waals surface area contributed by atoms with E-state index in [9.17, 15) is 0 Å². The van der Waals surface area contributed by atoms with Crippen molar-refractivity contribution in [3.8, 4) is 0 Å². The highest BCUT2D eigenvalue weighted by molar-refractivity contribution is 5.11. The molecule has 0 fully saturated rings. The van der Waals surface area contributed by atoms with Crippen molar-refractivity contribution in [2.75, 3.05) is 0 Å². The Morgan fingerprint density at radius 2 is 1.93 bits per heavy atom. The monoisotopic (exact) mass is 207 g/mol. The van der Waals surface area contributed by atoms with Crippen molar-refractivity contribution in [1.29, 1.82) is 0 Å². The van der Waals surface area contributed by atoms with Gasteiger partial charge in [-0.1, -0.05) is 13.8 Å². The molecule has 0 saturated heterocycles. The number of aromatic nitrogens is 1. The topological polar surface area (TPSA) is 50.9 Å². The number of nitrogens with two attached hydrogens (primary N) is 1. The second kappa shape index (κ2) is 6.53. The molecule has 0 aromatic carbocycles. The summed E-state index contributed by atoms with van der Waals surface area (Å²) in [6, 6.07) is 4.45. The van der Waals surface area contributed by atoms with E-state index in [0.717, 1.165) is 18.8 Å². The number of pyridine rings is 1. The standard InChI is InChI=1S/C12H21N3/c1-10(2)3-4-12(15-13)9-11-5-7-14-8-6-11/h5-8,10,12,15H,3-4,9,13H2,1-2H3. The van der Waals surface area contributed by atoms with Gasteiger partial charge in [-0.2, -0.15) is 0 Å². The van der Waals surface area contributed by atoms with Gasteiger partial charge in [0.1, 0.15) is 0 Å². The Morgan fingerprint density at radius 1 is 1.27 bits per heavy atom. The van der Waals surface area contributed by atoms with Crippen molar-refractivity contribution in [2.24, 2.45) is 11.8 Å². The summed E-state index contributed by atoms with van der Waals surface area (Å²) in [4.78, 5) is 4.00. The molecule has 0 aliphatic heterocycles.